The van der Waals surface area contributed by atoms with E-state index in [-0.39, 0.29) is 23.8 Å². The summed E-state index contributed by atoms with van der Waals surface area (Å²) in [5.41, 5.74) is 2.14. The first-order valence-electron chi connectivity index (χ1n) is 13.0. The topological polar surface area (TPSA) is 93.7 Å². The van der Waals surface area contributed by atoms with Gasteiger partial charge in [-0.05, 0) is 105 Å². The SMILES string of the molecule is CCOC(=O)Oc1ccc(C(=O)Nc2ccccc2CNC(=O)CC23CC4CC(CC(C4)C2)C3)cc1. The third-order valence-electron chi connectivity index (χ3n) is 8.02. The van der Waals surface area contributed by atoms with Crippen molar-refractivity contribution in [2.75, 3.05) is 11.9 Å². The fourth-order valence-electron chi connectivity index (χ4n) is 7.01. The molecule has 0 aromatic heterocycles. The summed E-state index contributed by atoms with van der Waals surface area (Å²) in [4.78, 5) is 37.2. The third kappa shape index (κ3) is 5.55. The van der Waals surface area contributed by atoms with E-state index in [1.165, 1.54) is 38.5 Å². The van der Waals surface area contributed by atoms with Crippen LogP contribution >= 0.6 is 0 Å². The number of nitrogens with one attached hydrogen (secondary N) is 2. The van der Waals surface area contributed by atoms with Gasteiger partial charge < -0.3 is 20.1 Å². The molecule has 4 aliphatic rings. The molecule has 2 N–H and O–H groups in total. The zero-order valence-corrected chi connectivity index (χ0v) is 20.8. The molecule has 0 radical (unpaired) electrons. The van der Waals surface area contributed by atoms with Crippen molar-refractivity contribution < 1.29 is 23.9 Å². The van der Waals surface area contributed by atoms with Crippen LogP contribution < -0.4 is 15.4 Å². The summed E-state index contributed by atoms with van der Waals surface area (Å²) in [6.45, 7) is 2.29. The zero-order valence-electron chi connectivity index (χ0n) is 20.8. The minimum atomic E-state index is -0.783. The second kappa shape index (κ2) is 10.3. The molecule has 2 amide bonds. The van der Waals surface area contributed by atoms with E-state index in [1.54, 1.807) is 31.2 Å². The van der Waals surface area contributed by atoms with E-state index in [1.807, 2.05) is 24.3 Å². The minimum Gasteiger partial charge on any atom is -0.434 e. The van der Waals surface area contributed by atoms with E-state index in [0.717, 1.165) is 23.3 Å². The standard InChI is InChI=1S/C29H34N2O5/c1-2-35-28(34)36-24-9-7-22(8-10-24)27(33)31-25-6-4-3-5-23(25)18-30-26(32)17-29-14-19-11-20(15-29)13-21(12-19)16-29/h3-10,19-21H,2,11-18H2,1H3,(H,30,32)(H,31,33). The summed E-state index contributed by atoms with van der Waals surface area (Å²) in [6, 6.07) is 13.8. The first-order valence-corrected chi connectivity index (χ1v) is 13.0. The molecule has 4 bridgehead atoms. The van der Waals surface area contributed by atoms with Crippen LogP contribution in [-0.4, -0.2) is 24.6 Å². The lowest BCUT2D eigenvalue weighted by molar-refractivity contribution is -0.129. The molecule has 0 heterocycles. The van der Waals surface area contributed by atoms with E-state index in [0.29, 0.717) is 30.0 Å². The summed E-state index contributed by atoms with van der Waals surface area (Å²) in [7, 11) is 0. The van der Waals surface area contributed by atoms with Gasteiger partial charge in [0.05, 0.1) is 6.61 Å². The van der Waals surface area contributed by atoms with E-state index < -0.39 is 6.16 Å². The van der Waals surface area contributed by atoms with E-state index >= 15 is 0 Å². The molecule has 6 rings (SSSR count). The molecule has 190 valence electrons. The maximum Gasteiger partial charge on any atom is 0.513 e. The molecular formula is C29H34N2O5. The monoisotopic (exact) mass is 490 g/mol. The Kier molecular flexibility index (Phi) is 6.99. The predicted octanol–water partition coefficient (Wildman–Crippen LogP) is 5.70. The highest BCUT2D eigenvalue weighted by Gasteiger charge is 2.51. The molecule has 36 heavy (non-hydrogen) atoms. The van der Waals surface area contributed by atoms with Crippen molar-refractivity contribution >= 4 is 23.7 Å². The highest BCUT2D eigenvalue weighted by molar-refractivity contribution is 6.04. The second-order valence-corrected chi connectivity index (χ2v) is 10.8. The van der Waals surface area contributed by atoms with Gasteiger partial charge in [-0.2, -0.15) is 0 Å². The van der Waals surface area contributed by atoms with Crippen LogP contribution in [0.2, 0.25) is 0 Å². The van der Waals surface area contributed by atoms with Crippen molar-refractivity contribution in [3.05, 3.63) is 59.7 Å². The Bertz CT molecular complexity index is 1090. The highest BCUT2D eigenvalue weighted by atomic mass is 16.7. The molecule has 0 unspecified atom stereocenters. The quantitative estimate of drug-likeness (QED) is 0.366. The summed E-state index contributed by atoms with van der Waals surface area (Å²) in [5, 5.41) is 6.05. The molecule has 0 spiro atoms. The Labute approximate surface area is 211 Å². The summed E-state index contributed by atoms with van der Waals surface area (Å²) in [6.07, 6.45) is 7.58. The maximum atomic E-state index is 13.0. The number of ether oxygens (including phenoxy) is 2. The van der Waals surface area contributed by atoms with Crippen LogP contribution in [-0.2, 0) is 16.1 Å². The molecule has 4 aliphatic carbocycles. The minimum absolute atomic E-state index is 0.107. The lowest BCUT2D eigenvalue weighted by Gasteiger charge is -2.56. The molecule has 0 saturated heterocycles. The Balaban J connectivity index is 1.16. The number of amides is 2. The smallest absolute Gasteiger partial charge is 0.434 e. The molecule has 7 nitrogen and oxygen atoms in total. The molecule has 0 atom stereocenters. The summed E-state index contributed by atoms with van der Waals surface area (Å²) < 4.78 is 9.79. The van der Waals surface area contributed by atoms with Gasteiger partial charge in [0.2, 0.25) is 5.91 Å². The van der Waals surface area contributed by atoms with Gasteiger partial charge in [-0.1, -0.05) is 18.2 Å². The van der Waals surface area contributed by atoms with Crippen LogP contribution in [0.25, 0.3) is 0 Å². The molecule has 4 fully saturated rings. The van der Waals surface area contributed by atoms with E-state index in [4.69, 9.17) is 9.47 Å². The average molecular weight is 491 g/mol. The lowest BCUT2D eigenvalue weighted by atomic mass is 9.49. The van der Waals surface area contributed by atoms with Gasteiger partial charge in [-0.3, -0.25) is 9.59 Å². The Hall–Kier alpha value is -3.35. The largest absolute Gasteiger partial charge is 0.513 e. The van der Waals surface area contributed by atoms with Gasteiger partial charge in [0.1, 0.15) is 5.75 Å². The number of anilines is 1. The summed E-state index contributed by atoms with van der Waals surface area (Å²) >= 11 is 0. The van der Waals surface area contributed by atoms with Gasteiger partial charge in [0.15, 0.2) is 0 Å². The molecule has 4 saturated carbocycles. The number of carbonyl (C=O) groups is 3. The van der Waals surface area contributed by atoms with Crippen molar-refractivity contribution in [3.63, 3.8) is 0 Å². The van der Waals surface area contributed by atoms with Crippen LogP contribution in [0.3, 0.4) is 0 Å². The number of rotatable bonds is 8. The van der Waals surface area contributed by atoms with Crippen LogP contribution in [0.1, 0.15) is 67.8 Å². The summed E-state index contributed by atoms with van der Waals surface area (Å²) in [5.74, 6) is 2.59. The molecule has 0 aliphatic heterocycles. The fourth-order valence-corrected chi connectivity index (χ4v) is 7.01. The van der Waals surface area contributed by atoms with Crippen molar-refractivity contribution in [3.8, 4) is 5.75 Å². The number of benzene rings is 2. The molecule has 2 aromatic rings. The highest BCUT2D eigenvalue weighted by Crippen LogP contribution is 2.61. The second-order valence-electron chi connectivity index (χ2n) is 10.8. The number of para-hydroxylation sites is 1. The van der Waals surface area contributed by atoms with Crippen molar-refractivity contribution in [2.24, 2.45) is 23.2 Å². The van der Waals surface area contributed by atoms with Crippen molar-refractivity contribution in [2.45, 2.75) is 58.4 Å². The van der Waals surface area contributed by atoms with Crippen LogP contribution in [0.4, 0.5) is 10.5 Å². The number of hydrogen-bond donors (Lipinski definition) is 2. The fraction of sp³-hybridized carbons (Fsp3) is 0.483. The molecule has 2 aromatic carbocycles. The first-order chi connectivity index (χ1) is 17.4. The van der Waals surface area contributed by atoms with Crippen LogP contribution in [0.5, 0.6) is 5.75 Å². The Morgan fingerprint density at radius 1 is 0.917 bits per heavy atom. The zero-order chi connectivity index (χ0) is 25.1. The normalized spacial score (nSPS) is 25.8. The lowest BCUT2D eigenvalue weighted by Crippen LogP contribution is -2.47. The number of hydrogen-bond acceptors (Lipinski definition) is 5. The third-order valence-corrected chi connectivity index (χ3v) is 8.02. The average Bonchev–Trinajstić information content (AvgIpc) is 2.83. The van der Waals surface area contributed by atoms with Gasteiger partial charge >= 0.3 is 6.16 Å². The number of carbonyl (C=O) groups excluding carboxylic acids is 3. The van der Waals surface area contributed by atoms with Gasteiger partial charge in [-0.15, -0.1) is 0 Å². The van der Waals surface area contributed by atoms with Gasteiger partial charge in [0, 0.05) is 24.2 Å². The Morgan fingerprint density at radius 3 is 2.19 bits per heavy atom. The maximum absolute atomic E-state index is 13.0. The van der Waals surface area contributed by atoms with Crippen molar-refractivity contribution in [1.29, 1.82) is 0 Å². The Morgan fingerprint density at radius 2 is 1.56 bits per heavy atom. The first kappa shape index (κ1) is 24.3. The van der Waals surface area contributed by atoms with Gasteiger partial charge in [0.25, 0.3) is 5.91 Å². The van der Waals surface area contributed by atoms with Crippen LogP contribution in [0, 0.1) is 23.2 Å². The molecular weight excluding hydrogens is 456 g/mol. The van der Waals surface area contributed by atoms with Crippen LogP contribution in [0.15, 0.2) is 48.5 Å². The van der Waals surface area contributed by atoms with Crippen molar-refractivity contribution in [1.82, 2.24) is 5.32 Å². The van der Waals surface area contributed by atoms with E-state index in [9.17, 15) is 14.4 Å². The molecule has 7 heteroatoms. The van der Waals surface area contributed by atoms with E-state index in [2.05, 4.69) is 10.6 Å². The van der Waals surface area contributed by atoms with Gasteiger partial charge in [-0.25, -0.2) is 4.79 Å². The predicted molar refractivity (Wildman–Crippen MR) is 136 cm³/mol.